The Labute approximate surface area is 96.6 Å². The van der Waals surface area contributed by atoms with Crippen LogP contribution in [0.5, 0.6) is 0 Å². The number of rotatable bonds is 1. The number of halogens is 2. The molecule has 0 aliphatic carbocycles. The quantitative estimate of drug-likeness (QED) is 0.733. The van der Waals surface area contributed by atoms with Gasteiger partial charge < -0.3 is 4.74 Å². The van der Waals surface area contributed by atoms with Crippen LogP contribution in [0.2, 0.25) is 0 Å². The van der Waals surface area contributed by atoms with Gasteiger partial charge in [0.1, 0.15) is 11.4 Å². The second-order valence-corrected chi connectivity index (χ2v) is 4.99. The van der Waals surface area contributed by atoms with Crippen molar-refractivity contribution >= 4 is 21.9 Å². The van der Waals surface area contributed by atoms with E-state index < -0.39 is 17.4 Å². The van der Waals surface area contributed by atoms with E-state index in [2.05, 4.69) is 15.9 Å². The fourth-order valence-corrected chi connectivity index (χ4v) is 1.21. The Morgan fingerprint density at radius 1 is 1.40 bits per heavy atom. The van der Waals surface area contributed by atoms with Gasteiger partial charge in [0.05, 0.1) is 10.0 Å². The maximum Gasteiger partial charge on any atom is 0.338 e. The first-order valence-electron chi connectivity index (χ1n) is 4.48. The lowest BCUT2D eigenvalue weighted by molar-refractivity contribution is 0.00690. The maximum atomic E-state index is 13.1. The topological polar surface area (TPSA) is 26.3 Å². The van der Waals surface area contributed by atoms with E-state index in [1.807, 2.05) is 0 Å². The fourth-order valence-electron chi connectivity index (χ4n) is 0.960. The molecule has 0 aliphatic rings. The lowest BCUT2D eigenvalue weighted by atomic mass is 10.1. The van der Waals surface area contributed by atoms with Crippen LogP contribution in [-0.4, -0.2) is 11.6 Å². The summed E-state index contributed by atoms with van der Waals surface area (Å²) in [6.45, 7) is 5.29. The fraction of sp³-hybridized carbons (Fsp3) is 0.364. The van der Waals surface area contributed by atoms with E-state index in [0.29, 0.717) is 4.47 Å². The van der Waals surface area contributed by atoms with Crippen LogP contribution in [0.3, 0.4) is 0 Å². The number of benzene rings is 1. The standard InChI is InChI=1S/C11H12BrFO2/c1-11(2,3)15-10(14)7-4-5-8(12)9(13)6-7/h4-6H,1-3H3. The smallest absolute Gasteiger partial charge is 0.338 e. The molecule has 0 saturated heterocycles. The number of hydrogen-bond acceptors (Lipinski definition) is 2. The Bertz CT molecular complexity index is 383. The minimum atomic E-state index is -0.569. The van der Waals surface area contributed by atoms with E-state index >= 15 is 0 Å². The molecule has 0 aliphatic heterocycles. The molecule has 0 radical (unpaired) electrons. The van der Waals surface area contributed by atoms with Crippen molar-refractivity contribution < 1.29 is 13.9 Å². The summed E-state index contributed by atoms with van der Waals surface area (Å²) in [6, 6.07) is 4.15. The second-order valence-electron chi connectivity index (χ2n) is 4.13. The highest BCUT2D eigenvalue weighted by molar-refractivity contribution is 9.10. The van der Waals surface area contributed by atoms with Crippen LogP contribution < -0.4 is 0 Å². The molecule has 0 amide bonds. The normalized spacial score (nSPS) is 11.3. The van der Waals surface area contributed by atoms with E-state index in [9.17, 15) is 9.18 Å². The molecule has 0 N–H and O–H groups in total. The molecular weight excluding hydrogens is 263 g/mol. The minimum Gasteiger partial charge on any atom is -0.456 e. The van der Waals surface area contributed by atoms with Crippen molar-refractivity contribution in [2.45, 2.75) is 26.4 Å². The predicted octanol–water partition coefficient (Wildman–Crippen LogP) is 3.54. The number of esters is 1. The summed E-state index contributed by atoms with van der Waals surface area (Å²) in [5.74, 6) is -0.993. The van der Waals surface area contributed by atoms with Crippen LogP contribution in [0.25, 0.3) is 0 Å². The summed E-state index contributed by atoms with van der Waals surface area (Å²) in [5.41, 5.74) is -0.355. The molecule has 0 heterocycles. The summed E-state index contributed by atoms with van der Waals surface area (Å²) >= 11 is 3.01. The molecule has 0 bridgehead atoms. The average molecular weight is 275 g/mol. The Morgan fingerprint density at radius 3 is 2.47 bits per heavy atom. The van der Waals surface area contributed by atoms with E-state index in [4.69, 9.17) is 4.74 Å². The van der Waals surface area contributed by atoms with Gasteiger partial charge in [0, 0.05) is 0 Å². The molecule has 0 saturated carbocycles. The highest BCUT2D eigenvalue weighted by atomic mass is 79.9. The summed E-state index contributed by atoms with van der Waals surface area (Å²) in [6.07, 6.45) is 0. The van der Waals surface area contributed by atoms with Crippen molar-refractivity contribution in [3.05, 3.63) is 34.1 Å². The molecule has 0 aromatic heterocycles. The van der Waals surface area contributed by atoms with Crippen molar-refractivity contribution in [1.82, 2.24) is 0 Å². The van der Waals surface area contributed by atoms with Crippen molar-refractivity contribution in [2.24, 2.45) is 0 Å². The van der Waals surface area contributed by atoms with Crippen molar-refractivity contribution in [1.29, 1.82) is 0 Å². The summed E-state index contributed by atoms with van der Waals surface area (Å²) in [4.78, 5) is 11.5. The Balaban J connectivity index is 2.88. The molecule has 0 fully saturated rings. The number of carbonyl (C=O) groups is 1. The van der Waals surface area contributed by atoms with E-state index in [-0.39, 0.29) is 5.56 Å². The largest absolute Gasteiger partial charge is 0.456 e. The molecule has 1 aromatic carbocycles. The van der Waals surface area contributed by atoms with Crippen LogP contribution >= 0.6 is 15.9 Å². The van der Waals surface area contributed by atoms with Crippen LogP contribution in [0.15, 0.2) is 22.7 Å². The van der Waals surface area contributed by atoms with Gasteiger partial charge in [-0.15, -0.1) is 0 Å². The zero-order valence-electron chi connectivity index (χ0n) is 8.80. The first-order chi connectivity index (χ1) is 6.79. The second kappa shape index (κ2) is 4.31. The summed E-state index contributed by atoms with van der Waals surface area (Å²) in [7, 11) is 0. The average Bonchev–Trinajstić information content (AvgIpc) is 2.06. The van der Waals surface area contributed by atoms with Gasteiger partial charge >= 0.3 is 5.97 Å². The van der Waals surface area contributed by atoms with Crippen LogP contribution in [0.1, 0.15) is 31.1 Å². The van der Waals surface area contributed by atoms with Gasteiger partial charge in [-0.1, -0.05) is 0 Å². The molecule has 1 aromatic rings. The molecule has 82 valence electrons. The SMILES string of the molecule is CC(C)(C)OC(=O)c1ccc(Br)c(F)c1. The monoisotopic (exact) mass is 274 g/mol. The van der Waals surface area contributed by atoms with Gasteiger partial charge in [-0.2, -0.15) is 0 Å². The molecule has 0 unspecified atom stereocenters. The molecule has 15 heavy (non-hydrogen) atoms. The van der Waals surface area contributed by atoms with Crippen molar-refractivity contribution in [3.63, 3.8) is 0 Å². The number of carbonyl (C=O) groups excluding carboxylic acids is 1. The van der Waals surface area contributed by atoms with Crippen molar-refractivity contribution in [2.75, 3.05) is 0 Å². The van der Waals surface area contributed by atoms with Crippen molar-refractivity contribution in [3.8, 4) is 0 Å². The van der Waals surface area contributed by atoms with Gasteiger partial charge in [-0.05, 0) is 54.9 Å². The summed E-state index contributed by atoms with van der Waals surface area (Å²) in [5, 5.41) is 0. The lowest BCUT2D eigenvalue weighted by Crippen LogP contribution is -2.23. The zero-order chi connectivity index (χ0) is 11.6. The molecule has 0 spiro atoms. The molecule has 0 atom stereocenters. The molecule has 2 nitrogen and oxygen atoms in total. The van der Waals surface area contributed by atoms with Gasteiger partial charge in [-0.3, -0.25) is 0 Å². The number of ether oxygens (including phenoxy) is 1. The van der Waals surface area contributed by atoms with Crippen LogP contribution in [0.4, 0.5) is 4.39 Å². The third kappa shape index (κ3) is 3.63. The third-order valence-electron chi connectivity index (χ3n) is 1.55. The highest BCUT2D eigenvalue weighted by Crippen LogP contribution is 2.18. The van der Waals surface area contributed by atoms with Crippen LogP contribution in [0, 0.1) is 5.82 Å². The highest BCUT2D eigenvalue weighted by Gasteiger charge is 2.18. The molecular formula is C11H12BrFO2. The Hall–Kier alpha value is -0.900. The zero-order valence-corrected chi connectivity index (χ0v) is 10.4. The van der Waals surface area contributed by atoms with Crippen LogP contribution in [-0.2, 0) is 4.74 Å². The Morgan fingerprint density at radius 2 is 2.00 bits per heavy atom. The predicted molar refractivity (Wildman–Crippen MR) is 59.3 cm³/mol. The molecule has 1 rings (SSSR count). The first-order valence-corrected chi connectivity index (χ1v) is 5.27. The van der Waals surface area contributed by atoms with Gasteiger partial charge in [-0.25, -0.2) is 9.18 Å². The van der Waals surface area contributed by atoms with E-state index in [0.717, 1.165) is 6.07 Å². The number of hydrogen-bond donors (Lipinski definition) is 0. The Kier molecular flexibility index (Phi) is 3.50. The third-order valence-corrected chi connectivity index (χ3v) is 2.20. The minimum absolute atomic E-state index is 0.214. The molecule has 4 heteroatoms. The van der Waals surface area contributed by atoms with E-state index in [1.165, 1.54) is 12.1 Å². The lowest BCUT2D eigenvalue weighted by Gasteiger charge is -2.19. The van der Waals surface area contributed by atoms with E-state index in [1.54, 1.807) is 20.8 Å². The van der Waals surface area contributed by atoms with Gasteiger partial charge in [0.2, 0.25) is 0 Å². The summed E-state index contributed by atoms with van der Waals surface area (Å²) < 4.78 is 18.5. The first kappa shape index (κ1) is 12.2. The maximum absolute atomic E-state index is 13.1. The van der Waals surface area contributed by atoms with Gasteiger partial charge in [0.15, 0.2) is 0 Å². The van der Waals surface area contributed by atoms with Gasteiger partial charge in [0.25, 0.3) is 0 Å².